The summed E-state index contributed by atoms with van der Waals surface area (Å²) in [6.07, 6.45) is 0. The van der Waals surface area contributed by atoms with Gasteiger partial charge in [0.05, 0.1) is 34.6 Å². The lowest BCUT2D eigenvalue weighted by Gasteiger charge is -2.14. The quantitative estimate of drug-likeness (QED) is 0.329. The standard InChI is InChI=1S/C21H21N3O8S2/c1-14-4-8-18(13-20(14)24(25)26)34(29,30)22-15-5-9-17(10-6-15)33(27,28)23-19-12-16(31-2)7-11-21(19)32-3/h4-13,22-23H,1-3H3. The number of nitrogens with one attached hydrogen (secondary N) is 2. The largest absolute Gasteiger partial charge is 0.497 e. The topological polar surface area (TPSA) is 154 Å². The molecule has 13 heteroatoms. The SMILES string of the molecule is COc1ccc(OC)c(NS(=O)(=O)c2ccc(NS(=O)(=O)c3ccc(C)c([N+](=O)[O-])c3)cc2)c1. The van der Waals surface area contributed by atoms with Gasteiger partial charge >= 0.3 is 0 Å². The molecule has 180 valence electrons. The second kappa shape index (κ2) is 9.57. The van der Waals surface area contributed by atoms with E-state index in [0.717, 1.165) is 6.07 Å². The molecular weight excluding hydrogens is 486 g/mol. The summed E-state index contributed by atoms with van der Waals surface area (Å²) in [5.74, 6) is 0.695. The van der Waals surface area contributed by atoms with Crippen molar-refractivity contribution in [1.82, 2.24) is 0 Å². The average Bonchev–Trinajstić information content (AvgIpc) is 2.78. The summed E-state index contributed by atoms with van der Waals surface area (Å²) in [7, 11) is -5.36. The predicted octanol–water partition coefficient (Wildman–Crippen LogP) is 3.52. The van der Waals surface area contributed by atoms with Gasteiger partial charge in [0.15, 0.2) is 0 Å². The number of sulfonamides is 2. The molecule has 0 saturated carbocycles. The molecule has 0 heterocycles. The lowest BCUT2D eigenvalue weighted by atomic mass is 10.2. The molecule has 0 aromatic heterocycles. The number of hydrogen-bond donors (Lipinski definition) is 2. The summed E-state index contributed by atoms with van der Waals surface area (Å²) in [6, 6.07) is 13.1. The summed E-state index contributed by atoms with van der Waals surface area (Å²) < 4.78 is 65.9. The third kappa shape index (κ3) is 5.38. The first-order valence-corrected chi connectivity index (χ1v) is 12.6. The van der Waals surface area contributed by atoms with Crippen LogP contribution in [0.2, 0.25) is 0 Å². The Kier molecular flexibility index (Phi) is 6.98. The van der Waals surface area contributed by atoms with E-state index in [1.165, 1.54) is 63.6 Å². The highest BCUT2D eigenvalue weighted by molar-refractivity contribution is 7.93. The number of aryl methyl sites for hydroxylation is 1. The smallest absolute Gasteiger partial charge is 0.273 e. The van der Waals surface area contributed by atoms with Crippen molar-refractivity contribution in [3.8, 4) is 11.5 Å². The van der Waals surface area contributed by atoms with Gasteiger partial charge in [-0.1, -0.05) is 6.07 Å². The molecule has 0 atom stereocenters. The highest BCUT2D eigenvalue weighted by Gasteiger charge is 2.21. The predicted molar refractivity (Wildman–Crippen MR) is 125 cm³/mol. The van der Waals surface area contributed by atoms with Crippen LogP contribution in [0, 0.1) is 17.0 Å². The molecule has 2 N–H and O–H groups in total. The van der Waals surface area contributed by atoms with Crippen LogP contribution in [0.4, 0.5) is 17.1 Å². The molecule has 3 aromatic rings. The summed E-state index contributed by atoms with van der Waals surface area (Å²) >= 11 is 0. The van der Waals surface area contributed by atoms with Gasteiger partial charge in [0.2, 0.25) is 0 Å². The molecular formula is C21H21N3O8S2. The Hall–Kier alpha value is -3.84. The zero-order chi connectivity index (χ0) is 25.1. The lowest BCUT2D eigenvalue weighted by Crippen LogP contribution is -2.15. The van der Waals surface area contributed by atoms with Gasteiger partial charge in [0.25, 0.3) is 25.7 Å². The Morgan fingerprint density at radius 3 is 2.00 bits per heavy atom. The Balaban J connectivity index is 1.84. The number of benzene rings is 3. The molecule has 0 amide bonds. The molecule has 34 heavy (non-hydrogen) atoms. The maximum atomic E-state index is 12.8. The fraction of sp³-hybridized carbons (Fsp3) is 0.143. The molecule has 0 aliphatic heterocycles. The van der Waals surface area contributed by atoms with Gasteiger partial charge in [-0.05, 0) is 49.4 Å². The lowest BCUT2D eigenvalue weighted by molar-refractivity contribution is -0.385. The van der Waals surface area contributed by atoms with Gasteiger partial charge in [-0.25, -0.2) is 16.8 Å². The van der Waals surface area contributed by atoms with E-state index in [1.54, 1.807) is 12.1 Å². The average molecular weight is 508 g/mol. The number of nitro benzene ring substituents is 1. The third-order valence-electron chi connectivity index (χ3n) is 4.76. The summed E-state index contributed by atoms with van der Waals surface area (Å²) in [4.78, 5) is 10.0. The van der Waals surface area contributed by atoms with E-state index in [4.69, 9.17) is 9.47 Å². The Bertz CT molecular complexity index is 1440. The van der Waals surface area contributed by atoms with Gasteiger partial charge in [0, 0.05) is 23.4 Å². The third-order valence-corrected chi connectivity index (χ3v) is 7.52. The second-order valence-corrected chi connectivity index (χ2v) is 10.4. The highest BCUT2D eigenvalue weighted by Crippen LogP contribution is 2.31. The molecule has 0 saturated heterocycles. The molecule has 0 radical (unpaired) electrons. The first-order chi connectivity index (χ1) is 16.0. The minimum absolute atomic E-state index is 0.0705. The number of nitro groups is 1. The monoisotopic (exact) mass is 507 g/mol. The number of methoxy groups -OCH3 is 2. The molecule has 0 spiro atoms. The van der Waals surface area contributed by atoms with Crippen molar-refractivity contribution in [3.05, 3.63) is 76.3 Å². The zero-order valence-electron chi connectivity index (χ0n) is 18.3. The van der Waals surface area contributed by atoms with E-state index in [0.29, 0.717) is 11.3 Å². The number of rotatable bonds is 9. The molecule has 0 aliphatic carbocycles. The van der Waals surface area contributed by atoms with Crippen LogP contribution < -0.4 is 18.9 Å². The summed E-state index contributed by atoms with van der Waals surface area (Å²) in [5, 5.41) is 11.1. The maximum absolute atomic E-state index is 12.8. The first kappa shape index (κ1) is 24.8. The fourth-order valence-electron chi connectivity index (χ4n) is 2.97. The van der Waals surface area contributed by atoms with Crippen LogP contribution in [0.15, 0.2) is 70.5 Å². The van der Waals surface area contributed by atoms with Crippen LogP contribution in [0.5, 0.6) is 11.5 Å². The van der Waals surface area contributed by atoms with Crippen LogP contribution in [0.1, 0.15) is 5.56 Å². The molecule has 11 nitrogen and oxygen atoms in total. The minimum Gasteiger partial charge on any atom is -0.497 e. The highest BCUT2D eigenvalue weighted by atomic mass is 32.2. The minimum atomic E-state index is -4.15. The van der Waals surface area contributed by atoms with E-state index in [9.17, 15) is 26.9 Å². The van der Waals surface area contributed by atoms with Gasteiger partial charge in [-0.2, -0.15) is 0 Å². The van der Waals surface area contributed by atoms with Crippen molar-refractivity contribution < 1.29 is 31.2 Å². The van der Waals surface area contributed by atoms with Crippen molar-refractivity contribution in [2.75, 3.05) is 23.7 Å². The Labute approximate surface area is 196 Å². The molecule has 0 bridgehead atoms. The van der Waals surface area contributed by atoms with Crippen molar-refractivity contribution in [1.29, 1.82) is 0 Å². The van der Waals surface area contributed by atoms with Crippen LogP contribution in [-0.4, -0.2) is 36.0 Å². The maximum Gasteiger partial charge on any atom is 0.273 e. The van der Waals surface area contributed by atoms with E-state index in [2.05, 4.69) is 9.44 Å². The number of nitrogens with zero attached hydrogens (tertiary/aromatic N) is 1. The van der Waals surface area contributed by atoms with E-state index in [-0.39, 0.29) is 32.6 Å². The number of hydrogen-bond acceptors (Lipinski definition) is 8. The van der Waals surface area contributed by atoms with Crippen molar-refractivity contribution in [2.45, 2.75) is 16.7 Å². The van der Waals surface area contributed by atoms with Crippen molar-refractivity contribution in [3.63, 3.8) is 0 Å². The Morgan fingerprint density at radius 2 is 1.41 bits per heavy atom. The number of anilines is 2. The second-order valence-electron chi connectivity index (χ2n) is 7.01. The van der Waals surface area contributed by atoms with E-state index in [1.807, 2.05) is 0 Å². The van der Waals surface area contributed by atoms with Crippen LogP contribution >= 0.6 is 0 Å². The molecule has 0 unspecified atom stereocenters. The van der Waals surface area contributed by atoms with Crippen molar-refractivity contribution >= 4 is 37.1 Å². The van der Waals surface area contributed by atoms with E-state index >= 15 is 0 Å². The normalized spacial score (nSPS) is 11.5. The van der Waals surface area contributed by atoms with Gasteiger partial charge in [-0.3, -0.25) is 19.6 Å². The van der Waals surface area contributed by atoms with Crippen LogP contribution in [-0.2, 0) is 20.0 Å². The van der Waals surface area contributed by atoms with Gasteiger partial charge in [0.1, 0.15) is 11.5 Å². The van der Waals surface area contributed by atoms with Crippen molar-refractivity contribution in [2.24, 2.45) is 0 Å². The zero-order valence-corrected chi connectivity index (χ0v) is 19.9. The van der Waals surface area contributed by atoms with E-state index < -0.39 is 25.0 Å². The fourth-order valence-corrected chi connectivity index (χ4v) is 5.11. The van der Waals surface area contributed by atoms with Crippen LogP contribution in [0.25, 0.3) is 0 Å². The van der Waals surface area contributed by atoms with Gasteiger partial charge < -0.3 is 9.47 Å². The Morgan fingerprint density at radius 1 is 0.794 bits per heavy atom. The molecule has 0 aliphatic rings. The molecule has 0 fully saturated rings. The molecule has 3 aromatic carbocycles. The van der Waals surface area contributed by atoms with Crippen LogP contribution in [0.3, 0.4) is 0 Å². The summed E-state index contributed by atoms with van der Waals surface area (Å²) in [6.45, 7) is 1.50. The first-order valence-electron chi connectivity index (χ1n) is 9.59. The molecule has 3 rings (SSSR count). The number of ether oxygens (including phenoxy) is 2. The van der Waals surface area contributed by atoms with Gasteiger partial charge in [-0.15, -0.1) is 0 Å². The summed E-state index contributed by atoms with van der Waals surface area (Å²) in [5.41, 5.74) is 0.218.